The summed E-state index contributed by atoms with van der Waals surface area (Å²) in [5.41, 5.74) is -1.39. The number of carbonyl (C=O) groups excluding carboxylic acids is 2. The predicted molar refractivity (Wildman–Crippen MR) is 63.3 cm³/mol. The molecule has 2 rings (SSSR count). The van der Waals surface area contributed by atoms with E-state index in [4.69, 9.17) is 9.57 Å². The zero-order chi connectivity index (χ0) is 14.3. The van der Waals surface area contributed by atoms with Crippen molar-refractivity contribution in [3.8, 4) is 0 Å². The first-order valence-corrected chi connectivity index (χ1v) is 6.15. The van der Waals surface area contributed by atoms with Gasteiger partial charge in [-0.3, -0.25) is 0 Å². The highest BCUT2D eigenvalue weighted by atomic mass is 16.7. The van der Waals surface area contributed by atoms with Crippen molar-refractivity contribution in [1.82, 2.24) is 4.90 Å². The number of likely N-dealkylation sites (tertiary alicyclic amines) is 1. The molecule has 0 aromatic heterocycles. The summed E-state index contributed by atoms with van der Waals surface area (Å²) in [6.07, 6.45) is 0.274. The van der Waals surface area contributed by atoms with Crippen molar-refractivity contribution in [3.05, 3.63) is 0 Å². The normalized spacial score (nSPS) is 26.3. The van der Waals surface area contributed by atoms with E-state index in [9.17, 15) is 14.7 Å². The largest absolute Gasteiger partial charge is 0.543 e. The van der Waals surface area contributed by atoms with E-state index in [2.05, 4.69) is 5.16 Å². The van der Waals surface area contributed by atoms with E-state index < -0.39 is 23.3 Å². The highest BCUT2D eigenvalue weighted by Gasteiger charge is 2.47. The highest BCUT2D eigenvalue weighted by Crippen LogP contribution is 2.34. The molecule has 0 saturated carbocycles. The summed E-state index contributed by atoms with van der Waals surface area (Å²) in [5, 5.41) is 14.2. The van der Waals surface area contributed by atoms with Crippen LogP contribution in [0, 0.1) is 0 Å². The van der Waals surface area contributed by atoms with Crippen LogP contribution in [0.4, 0.5) is 4.79 Å². The highest BCUT2D eigenvalue weighted by molar-refractivity contribution is 6.35. The Morgan fingerprint density at radius 2 is 2.16 bits per heavy atom. The summed E-state index contributed by atoms with van der Waals surface area (Å²) in [6.45, 7) is 6.12. The van der Waals surface area contributed by atoms with Gasteiger partial charge in [-0.15, -0.1) is 0 Å². The van der Waals surface area contributed by atoms with Gasteiger partial charge in [0.2, 0.25) is 0 Å². The Hall–Kier alpha value is -1.79. The minimum absolute atomic E-state index is 0.106. The van der Waals surface area contributed by atoms with E-state index in [1.165, 1.54) is 4.90 Å². The number of rotatable bonds is 1. The molecule has 0 aliphatic carbocycles. The summed E-state index contributed by atoms with van der Waals surface area (Å²) < 4.78 is 5.26. The quantitative estimate of drug-likeness (QED) is 0.662. The Morgan fingerprint density at radius 1 is 1.47 bits per heavy atom. The molecule has 0 N–H and O–H groups in total. The lowest BCUT2D eigenvalue weighted by Crippen LogP contribution is -2.40. The number of ether oxygens (including phenoxy) is 1. The molecule has 2 aliphatic heterocycles. The molecule has 1 spiro atoms. The Morgan fingerprint density at radius 3 is 2.68 bits per heavy atom. The Bertz CT molecular complexity index is 440. The van der Waals surface area contributed by atoms with Crippen LogP contribution in [0.5, 0.6) is 0 Å². The second kappa shape index (κ2) is 4.40. The third-order valence-corrected chi connectivity index (χ3v) is 3.04. The first-order valence-electron chi connectivity index (χ1n) is 6.15. The van der Waals surface area contributed by atoms with Crippen molar-refractivity contribution in [2.24, 2.45) is 5.16 Å². The summed E-state index contributed by atoms with van der Waals surface area (Å²) in [5.74, 6) is -1.33. The molecule has 0 radical (unpaired) electrons. The van der Waals surface area contributed by atoms with Crippen LogP contribution in [-0.4, -0.2) is 47.0 Å². The van der Waals surface area contributed by atoms with Crippen LogP contribution in [0.15, 0.2) is 5.16 Å². The molecule has 2 aliphatic rings. The lowest BCUT2D eigenvalue weighted by molar-refractivity contribution is -0.294. The molecular formula is C12H17N2O5-. The molecule has 1 saturated heterocycles. The fourth-order valence-corrected chi connectivity index (χ4v) is 2.18. The zero-order valence-corrected chi connectivity index (χ0v) is 11.3. The Labute approximate surface area is 111 Å². The maximum atomic E-state index is 11.9. The summed E-state index contributed by atoms with van der Waals surface area (Å²) >= 11 is 0. The molecule has 106 valence electrons. The van der Waals surface area contributed by atoms with Gasteiger partial charge >= 0.3 is 6.09 Å². The molecule has 0 aromatic rings. The summed E-state index contributed by atoms with van der Waals surface area (Å²) in [6, 6.07) is 0. The van der Waals surface area contributed by atoms with Crippen LogP contribution in [0.25, 0.3) is 0 Å². The molecule has 1 amide bonds. The number of aliphatic carboxylic acids is 1. The molecule has 1 atom stereocenters. The van der Waals surface area contributed by atoms with Gasteiger partial charge in [0.25, 0.3) is 0 Å². The smallest absolute Gasteiger partial charge is 0.410 e. The van der Waals surface area contributed by atoms with Crippen LogP contribution < -0.4 is 5.11 Å². The number of carboxylic acid groups (broad SMARTS) is 1. The lowest BCUT2D eigenvalue weighted by atomic mass is 9.97. The van der Waals surface area contributed by atoms with E-state index in [0.717, 1.165) is 0 Å². The zero-order valence-electron chi connectivity index (χ0n) is 11.3. The van der Waals surface area contributed by atoms with Crippen LogP contribution in [-0.2, 0) is 14.4 Å². The second-order valence-corrected chi connectivity index (χ2v) is 5.93. The minimum atomic E-state index is -1.33. The Balaban J connectivity index is 1.95. The monoisotopic (exact) mass is 269 g/mol. The fourth-order valence-electron chi connectivity index (χ4n) is 2.18. The van der Waals surface area contributed by atoms with Gasteiger partial charge in [0.1, 0.15) is 11.3 Å². The molecule has 7 heteroatoms. The van der Waals surface area contributed by atoms with Crippen molar-refractivity contribution >= 4 is 17.8 Å². The molecule has 0 aromatic carbocycles. The fraction of sp³-hybridized carbons (Fsp3) is 0.750. The van der Waals surface area contributed by atoms with Gasteiger partial charge in [0.15, 0.2) is 5.60 Å². The third-order valence-electron chi connectivity index (χ3n) is 3.04. The minimum Gasteiger partial charge on any atom is -0.543 e. The van der Waals surface area contributed by atoms with Crippen molar-refractivity contribution in [2.75, 3.05) is 13.1 Å². The van der Waals surface area contributed by atoms with Crippen molar-refractivity contribution < 1.29 is 24.3 Å². The molecular weight excluding hydrogens is 252 g/mol. The van der Waals surface area contributed by atoms with Gasteiger partial charge in [-0.05, 0) is 20.8 Å². The molecule has 1 fully saturated rings. The maximum Gasteiger partial charge on any atom is 0.410 e. The van der Waals surface area contributed by atoms with Gasteiger partial charge in [0.05, 0.1) is 12.5 Å². The average molecular weight is 269 g/mol. The summed E-state index contributed by atoms with van der Waals surface area (Å²) in [4.78, 5) is 29.3. The average Bonchev–Trinajstić information content (AvgIpc) is 2.85. The van der Waals surface area contributed by atoms with Crippen molar-refractivity contribution in [2.45, 2.75) is 44.8 Å². The number of carboxylic acids is 1. The summed E-state index contributed by atoms with van der Waals surface area (Å²) in [7, 11) is 0. The molecule has 0 bridgehead atoms. The third kappa shape index (κ3) is 2.97. The standard InChI is InChI=1S/C12H18N2O5/c1-11(2,3)18-10(17)14-5-4-12(7-14)6-8(9(15)16)13-19-12/h4-7H2,1-3H3,(H,15,16)/p-1. The van der Waals surface area contributed by atoms with Crippen molar-refractivity contribution in [1.29, 1.82) is 0 Å². The van der Waals surface area contributed by atoms with Gasteiger partial charge < -0.3 is 24.4 Å². The topological polar surface area (TPSA) is 91.3 Å². The SMILES string of the molecule is CC(C)(C)OC(=O)N1CCC2(CC(C(=O)[O-])=NO2)C1. The number of oxime groups is 1. The predicted octanol–water partition coefficient (Wildman–Crippen LogP) is -0.108. The molecule has 2 heterocycles. The number of carbonyl (C=O) groups is 2. The van der Waals surface area contributed by atoms with E-state index >= 15 is 0 Å². The first-order chi connectivity index (χ1) is 8.71. The van der Waals surface area contributed by atoms with Gasteiger partial charge in [-0.25, -0.2) is 4.79 Å². The number of hydrogen-bond acceptors (Lipinski definition) is 6. The van der Waals surface area contributed by atoms with Gasteiger partial charge in [0, 0.05) is 19.4 Å². The number of hydrogen-bond donors (Lipinski definition) is 0. The van der Waals surface area contributed by atoms with Crippen LogP contribution >= 0.6 is 0 Å². The van der Waals surface area contributed by atoms with E-state index in [-0.39, 0.29) is 18.7 Å². The Kier molecular flexibility index (Phi) is 3.15. The maximum absolute atomic E-state index is 11.9. The van der Waals surface area contributed by atoms with Crippen molar-refractivity contribution in [3.63, 3.8) is 0 Å². The number of nitrogens with zero attached hydrogens (tertiary/aromatic N) is 2. The van der Waals surface area contributed by atoms with E-state index in [1.807, 2.05) is 0 Å². The van der Waals surface area contributed by atoms with Crippen LogP contribution in [0.2, 0.25) is 0 Å². The van der Waals surface area contributed by atoms with Crippen LogP contribution in [0.3, 0.4) is 0 Å². The first kappa shape index (κ1) is 13.6. The van der Waals surface area contributed by atoms with E-state index in [1.54, 1.807) is 20.8 Å². The lowest BCUT2D eigenvalue weighted by Gasteiger charge is -2.25. The number of amides is 1. The molecule has 7 nitrogen and oxygen atoms in total. The van der Waals surface area contributed by atoms with Gasteiger partial charge in [-0.1, -0.05) is 5.16 Å². The second-order valence-electron chi connectivity index (χ2n) is 5.93. The molecule has 19 heavy (non-hydrogen) atoms. The van der Waals surface area contributed by atoms with E-state index in [0.29, 0.717) is 13.0 Å². The van der Waals surface area contributed by atoms with Crippen LogP contribution in [0.1, 0.15) is 33.6 Å². The molecule has 1 unspecified atom stereocenters. The van der Waals surface area contributed by atoms with Gasteiger partial charge in [-0.2, -0.15) is 0 Å².